The standard InChI is InChI=1S/C21H24ClNO2/c1-14-6-7-15(2)18(13-14)20(16-8-10-17(22)11-9-16)23-12-4-3-5-19(23)21(24)25/h6-11,13,19-20H,3-5,12H2,1-2H3,(H,24,25). The number of piperidine rings is 1. The summed E-state index contributed by atoms with van der Waals surface area (Å²) in [6.07, 6.45) is 2.69. The van der Waals surface area contributed by atoms with Crippen molar-refractivity contribution in [3.05, 3.63) is 69.7 Å². The smallest absolute Gasteiger partial charge is 0.320 e. The summed E-state index contributed by atoms with van der Waals surface area (Å²) in [5.41, 5.74) is 4.63. The first-order valence-electron chi connectivity index (χ1n) is 8.78. The quantitative estimate of drug-likeness (QED) is 0.838. The molecule has 0 radical (unpaired) electrons. The van der Waals surface area contributed by atoms with Gasteiger partial charge in [0, 0.05) is 5.02 Å². The number of aliphatic carboxylic acids is 1. The highest BCUT2D eigenvalue weighted by Gasteiger charge is 2.35. The summed E-state index contributed by atoms with van der Waals surface area (Å²) in [5, 5.41) is 10.4. The van der Waals surface area contributed by atoms with E-state index in [9.17, 15) is 9.90 Å². The molecule has 3 nitrogen and oxygen atoms in total. The minimum atomic E-state index is -0.732. The second-order valence-electron chi connectivity index (χ2n) is 6.90. The molecule has 0 amide bonds. The number of benzene rings is 2. The highest BCUT2D eigenvalue weighted by atomic mass is 35.5. The summed E-state index contributed by atoms with van der Waals surface area (Å²) >= 11 is 6.08. The Morgan fingerprint density at radius 2 is 1.88 bits per heavy atom. The molecule has 0 spiro atoms. The predicted molar refractivity (Wildman–Crippen MR) is 101 cm³/mol. The SMILES string of the molecule is Cc1ccc(C)c(C(c2ccc(Cl)cc2)N2CCCCC2C(=O)O)c1. The summed E-state index contributed by atoms with van der Waals surface area (Å²) in [6.45, 7) is 4.96. The Morgan fingerprint density at radius 3 is 2.56 bits per heavy atom. The molecule has 2 aromatic carbocycles. The van der Waals surface area contributed by atoms with Gasteiger partial charge in [-0.15, -0.1) is 0 Å². The molecule has 25 heavy (non-hydrogen) atoms. The van der Waals surface area contributed by atoms with Crippen molar-refractivity contribution in [1.82, 2.24) is 4.90 Å². The van der Waals surface area contributed by atoms with Gasteiger partial charge in [-0.2, -0.15) is 0 Å². The number of hydrogen-bond acceptors (Lipinski definition) is 2. The Morgan fingerprint density at radius 1 is 1.16 bits per heavy atom. The molecular weight excluding hydrogens is 334 g/mol. The van der Waals surface area contributed by atoms with Crippen LogP contribution in [0, 0.1) is 13.8 Å². The molecule has 1 aliphatic rings. The zero-order chi connectivity index (χ0) is 18.0. The third kappa shape index (κ3) is 3.88. The van der Waals surface area contributed by atoms with E-state index in [-0.39, 0.29) is 6.04 Å². The van der Waals surface area contributed by atoms with Crippen LogP contribution in [0.25, 0.3) is 0 Å². The maximum atomic E-state index is 11.9. The second kappa shape index (κ2) is 7.59. The monoisotopic (exact) mass is 357 g/mol. The first-order valence-corrected chi connectivity index (χ1v) is 9.16. The van der Waals surface area contributed by atoms with Crippen LogP contribution in [0.3, 0.4) is 0 Å². The molecule has 1 aliphatic heterocycles. The van der Waals surface area contributed by atoms with Gasteiger partial charge in [-0.25, -0.2) is 0 Å². The highest BCUT2D eigenvalue weighted by molar-refractivity contribution is 6.30. The molecule has 2 unspecified atom stereocenters. The van der Waals surface area contributed by atoms with Crippen LogP contribution in [0.15, 0.2) is 42.5 Å². The fraction of sp³-hybridized carbons (Fsp3) is 0.381. The summed E-state index contributed by atoms with van der Waals surface area (Å²) in [7, 11) is 0. The Labute approximate surface area is 154 Å². The van der Waals surface area contributed by atoms with Crippen LogP contribution < -0.4 is 0 Å². The number of halogens is 1. The van der Waals surface area contributed by atoms with Gasteiger partial charge in [0.25, 0.3) is 0 Å². The molecule has 132 valence electrons. The number of aryl methyl sites for hydroxylation is 2. The maximum absolute atomic E-state index is 11.9. The van der Waals surface area contributed by atoms with Gasteiger partial charge in [-0.05, 0) is 62.1 Å². The van der Waals surface area contributed by atoms with Crippen LogP contribution in [0.4, 0.5) is 0 Å². The summed E-state index contributed by atoms with van der Waals surface area (Å²) in [5.74, 6) is -0.732. The maximum Gasteiger partial charge on any atom is 0.320 e. The normalized spacial score (nSPS) is 19.6. The van der Waals surface area contributed by atoms with E-state index in [1.807, 2.05) is 24.3 Å². The number of nitrogens with zero attached hydrogens (tertiary/aromatic N) is 1. The molecule has 0 aliphatic carbocycles. The van der Waals surface area contributed by atoms with Gasteiger partial charge in [0.2, 0.25) is 0 Å². The molecule has 0 aromatic heterocycles. The minimum Gasteiger partial charge on any atom is -0.480 e. The van der Waals surface area contributed by atoms with Crippen LogP contribution in [-0.2, 0) is 4.79 Å². The Hall–Kier alpha value is -1.84. The van der Waals surface area contributed by atoms with Gasteiger partial charge < -0.3 is 5.11 Å². The molecule has 1 heterocycles. The van der Waals surface area contributed by atoms with Gasteiger partial charge >= 0.3 is 5.97 Å². The molecule has 0 saturated carbocycles. The van der Waals surface area contributed by atoms with Crippen molar-refractivity contribution in [2.45, 2.75) is 45.2 Å². The predicted octanol–water partition coefficient (Wildman–Crippen LogP) is 4.99. The summed E-state index contributed by atoms with van der Waals surface area (Å²) in [6, 6.07) is 13.7. The lowest BCUT2D eigenvalue weighted by atomic mass is 9.89. The van der Waals surface area contributed by atoms with Crippen molar-refractivity contribution in [1.29, 1.82) is 0 Å². The lowest BCUT2D eigenvalue weighted by molar-refractivity contribution is -0.145. The van der Waals surface area contributed by atoms with E-state index < -0.39 is 12.0 Å². The fourth-order valence-corrected chi connectivity index (χ4v) is 3.90. The second-order valence-corrected chi connectivity index (χ2v) is 7.34. The van der Waals surface area contributed by atoms with Gasteiger partial charge in [0.15, 0.2) is 0 Å². The van der Waals surface area contributed by atoms with Crippen molar-refractivity contribution in [2.24, 2.45) is 0 Å². The van der Waals surface area contributed by atoms with E-state index in [2.05, 4.69) is 36.9 Å². The number of carbonyl (C=O) groups is 1. The Balaban J connectivity index is 2.12. The van der Waals surface area contributed by atoms with Gasteiger partial charge in [0.05, 0.1) is 6.04 Å². The molecule has 1 N–H and O–H groups in total. The fourth-order valence-electron chi connectivity index (χ4n) is 3.78. The third-order valence-electron chi connectivity index (χ3n) is 5.08. The summed E-state index contributed by atoms with van der Waals surface area (Å²) < 4.78 is 0. The lowest BCUT2D eigenvalue weighted by Crippen LogP contribution is -2.47. The number of hydrogen-bond donors (Lipinski definition) is 1. The van der Waals surface area contributed by atoms with E-state index in [1.165, 1.54) is 16.7 Å². The number of carboxylic acids is 1. The Bertz CT molecular complexity index is 757. The zero-order valence-electron chi connectivity index (χ0n) is 14.7. The van der Waals surface area contributed by atoms with Crippen LogP contribution in [0.5, 0.6) is 0 Å². The number of rotatable bonds is 4. The third-order valence-corrected chi connectivity index (χ3v) is 5.33. The van der Waals surface area contributed by atoms with Gasteiger partial charge in [-0.3, -0.25) is 9.69 Å². The van der Waals surface area contributed by atoms with E-state index in [0.29, 0.717) is 11.4 Å². The molecule has 2 atom stereocenters. The van der Waals surface area contributed by atoms with Crippen molar-refractivity contribution < 1.29 is 9.90 Å². The zero-order valence-corrected chi connectivity index (χ0v) is 15.5. The van der Waals surface area contributed by atoms with Crippen LogP contribution in [-0.4, -0.2) is 28.6 Å². The topological polar surface area (TPSA) is 40.5 Å². The Kier molecular flexibility index (Phi) is 5.45. The molecule has 1 saturated heterocycles. The number of carboxylic acid groups (broad SMARTS) is 1. The van der Waals surface area contributed by atoms with E-state index in [0.717, 1.165) is 24.9 Å². The largest absolute Gasteiger partial charge is 0.480 e. The minimum absolute atomic E-state index is 0.0708. The first kappa shape index (κ1) is 18.0. The lowest BCUT2D eigenvalue weighted by Gasteiger charge is -2.40. The van der Waals surface area contributed by atoms with Crippen LogP contribution in [0.2, 0.25) is 5.02 Å². The van der Waals surface area contributed by atoms with Crippen LogP contribution in [0.1, 0.15) is 47.6 Å². The first-order chi connectivity index (χ1) is 12.0. The average Bonchev–Trinajstić information content (AvgIpc) is 2.60. The molecule has 0 bridgehead atoms. The van der Waals surface area contributed by atoms with Crippen LogP contribution >= 0.6 is 11.6 Å². The van der Waals surface area contributed by atoms with Crippen molar-refractivity contribution in [3.63, 3.8) is 0 Å². The van der Waals surface area contributed by atoms with Crippen molar-refractivity contribution >= 4 is 17.6 Å². The average molecular weight is 358 g/mol. The molecule has 1 fully saturated rings. The van der Waals surface area contributed by atoms with E-state index in [1.54, 1.807) is 0 Å². The van der Waals surface area contributed by atoms with Crippen molar-refractivity contribution in [3.8, 4) is 0 Å². The highest BCUT2D eigenvalue weighted by Crippen LogP contribution is 2.36. The van der Waals surface area contributed by atoms with Crippen molar-refractivity contribution in [2.75, 3.05) is 6.54 Å². The van der Waals surface area contributed by atoms with Gasteiger partial charge in [-0.1, -0.05) is 53.9 Å². The molecular formula is C21H24ClNO2. The molecule has 4 heteroatoms. The number of likely N-dealkylation sites (tertiary alicyclic amines) is 1. The van der Waals surface area contributed by atoms with Gasteiger partial charge in [0.1, 0.15) is 6.04 Å². The molecule has 3 rings (SSSR count). The summed E-state index contributed by atoms with van der Waals surface area (Å²) in [4.78, 5) is 14.0. The molecule has 2 aromatic rings. The van der Waals surface area contributed by atoms with E-state index in [4.69, 9.17) is 11.6 Å². The van der Waals surface area contributed by atoms with E-state index >= 15 is 0 Å².